The van der Waals surface area contributed by atoms with E-state index >= 15 is 0 Å². The highest BCUT2D eigenvalue weighted by molar-refractivity contribution is 5.75. The normalized spacial score (nSPS) is 10.3. The largest absolute Gasteiger partial charge is 0.484 e. The van der Waals surface area contributed by atoms with Crippen LogP contribution in [0.2, 0.25) is 0 Å². The Labute approximate surface area is 110 Å². The summed E-state index contributed by atoms with van der Waals surface area (Å²) < 4.78 is 10.1. The highest BCUT2D eigenvalue weighted by atomic mass is 16.5. The smallest absolute Gasteiger partial charge is 0.255 e. The topological polar surface area (TPSA) is 90.4 Å². The van der Waals surface area contributed by atoms with Crippen LogP contribution in [0.1, 0.15) is 11.3 Å². The first-order chi connectivity index (χ1) is 9.24. The molecule has 1 amide bonds. The van der Waals surface area contributed by atoms with Gasteiger partial charge < -0.3 is 20.3 Å². The van der Waals surface area contributed by atoms with Gasteiger partial charge in [-0.05, 0) is 17.7 Å². The fourth-order valence-electron chi connectivity index (χ4n) is 1.52. The molecule has 0 saturated carbocycles. The van der Waals surface area contributed by atoms with E-state index in [1.165, 1.54) is 0 Å². The summed E-state index contributed by atoms with van der Waals surface area (Å²) >= 11 is 0. The molecule has 19 heavy (non-hydrogen) atoms. The minimum absolute atomic E-state index is 0.108. The van der Waals surface area contributed by atoms with E-state index in [0.717, 1.165) is 11.3 Å². The molecule has 0 unspecified atom stereocenters. The second-order valence-corrected chi connectivity index (χ2v) is 3.98. The van der Waals surface area contributed by atoms with E-state index in [-0.39, 0.29) is 6.61 Å². The molecule has 0 fully saturated rings. The Hall–Kier alpha value is -2.34. The maximum atomic E-state index is 10.6. The second-order valence-electron chi connectivity index (χ2n) is 3.98. The maximum absolute atomic E-state index is 10.6. The summed E-state index contributed by atoms with van der Waals surface area (Å²) in [4.78, 5) is 10.6. The number of carbonyl (C=O) groups is 1. The molecule has 0 spiro atoms. The molecule has 0 radical (unpaired) electrons. The SMILES string of the molecule is NC(=O)COc1ccc(CNCc2ccno2)cc1. The van der Waals surface area contributed by atoms with Crippen molar-refractivity contribution in [2.24, 2.45) is 5.73 Å². The van der Waals surface area contributed by atoms with Crippen LogP contribution in [0.4, 0.5) is 0 Å². The van der Waals surface area contributed by atoms with Crippen molar-refractivity contribution in [2.45, 2.75) is 13.1 Å². The van der Waals surface area contributed by atoms with E-state index < -0.39 is 5.91 Å². The molecule has 1 aromatic carbocycles. The maximum Gasteiger partial charge on any atom is 0.255 e. The minimum Gasteiger partial charge on any atom is -0.484 e. The van der Waals surface area contributed by atoms with Gasteiger partial charge in [0.25, 0.3) is 5.91 Å². The number of carbonyl (C=O) groups excluding carboxylic acids is 1. The first-order valence-corrected chi connectivity index (χ1v) is 5.84. The van der Waals surface area contributed by atoms with Gasteiger partial charge in [0, 0.05) is 12.6 Å². The lowest BCUT2D eigenvalue weighted by molar-refractivity contribution is -0.119. The van der Waals surface area contributed by atoms with Crippen LogP contribution in [-0.4, -0.2) is 17.7 Å². The number of amides is 1. The van der Waals surface area contributed by atoms with Crippen molar-refractivity contribution >= 4 is 5.91 Å². The van der Waals surface area contributed by atoms with Crippen molar-refractivity contribution in [1.82, 2.24) is 10.5 Å². The number of ether oxygens (including phenoxy) is 1. The zero-order chi connectivity index (χ0) is 13.5. The van der Waals surface area contributed by atoms with Gasteiger partial charge in [0.2, 0.25) is 0 Å². The molecule has 6 heteroatoms. The molecular weight excluding hydrogens is 246 g/mol. The van der Waals surface area contributed by atoms with Gasteiger partial charge in [0.15, 0.2) is 6.61 Å². The zero-order valence-corrected chi connectivity index (χ0v) is 10.3. The van der Waals surface area contributed by atoms with Gasteiger partial charge in [0.05, 0.1) is 12.7 Å². The molecule has 0 atom stereocenters. The molecule has 0 aliphatic heterocycles. The van der Waals surface area contributed by atoms with Crippen molar-refractivity contribution in [1.29, 1.82) is 0 Å². The molecule has 1 heterocycles. The van der Waals surface area contributed by atoms with Crippen LogP contribution in [0, 0.1) is 0 Å². The van der Waals surface area contributed by atoms with Gasteiger partial charge in [-0.1, -0.05) is 17.3 Å². The minimum atomic E-state index is -0.488. The quantitative estimate of drug-likeness (QED) is 0.770. The van der Waals surface area contributed by atoms with Crippen LogP contribution in [0.25, 0.3) is 0 Å². The number of aromatic nitrogens is 1. The molecule has 3 N–H and O–H groups in total. The van der Waals surface area contributed by atoms with Gasteiger partial charge in [-0.3, -0.25) is 4.79 Å². The molecule has 0 aliphatic carbocycles. The van der Waals surface area contributed by atoms with Gasteiger partial charge >= 0.3 is 0 Å². The predicted molar refractivity (Wildman–Crippen MR) is 68.2 cm³/mol. The molecule has 1 aromatic heterocycles. The Morgan fingerprint density at radius 2 is 2.05 bits per heavy atom. The first-order valence-electron chi connectivity index (χ1n) is 5.84. The number of hydrogen-bond acceptors (Lipinski definition) is 5. The Morgan fingerprint density at radius 1 is 1.26 bits per heavy atom. The van der Waals surface area contributed by atoms with Crippen LogP contribution in [0.15, 0.2) is 41.1 Å². The van der Waals surface area contributed by atoms with E-state index in [4.69, 9.17) is 15.0 Å². The summed E-state index contributed by atoms with van der Waals surface area (Å²) in [5.41, 5.74) is 6.10. The van der Waals surface area contributed by atoms with Gasteiger partial charge in [-0.15, -0.1) is 0 Å². The van der Waals surface area contributed by atoms with E-state index in [1.54, 1.807) is 18.3 Å². The third kappa shape index (κ3) is 4.44. The number of nitrogens with zero attached hydrogens (tertiary/aromatic N) is 1. The zero-order valence-electron chi connectivity index (χ0n) is 10.3. The lowest BCUT2D eigenvalue weighted by atomic mass is 10.2. The van der Waals surface area contributed by atoms with Crippen LogP contribution >= 0.6 is 0 Å². The summed E-state index contributed by atoms with van der Waals surface area (Å²) in [6.07, 6.45) is 1.61. The van der Waals surface area contributed by atoms with Crippen LogP contribution < -0.4 is 15.8 Å². The van der Waals surface area contributed by atoms with Crippen molar-refractivity contribution < 1.29 is 14.1 Å². The molecule has 0 saturated heterocycles. The summed E-state index contributed by atoms with van der Waals surface area (Å²) in [6, 6.07) is 9.25. The summed E-state index contributed by atoms with van der Waals surface area (Å²) in [5.74, 6) is 0.928. The monoisotopic (exact) mass is 261 g/mol. The number of nitrogens with two attached hydrogens (primary N) is 1. The number of primary amides is 1. The standard InChI is InChI=1S/C13H15N3O3/c14-13(17)9-18-11-3-1-10(2-4-11)7-15-8-12-5-6-16-19-12/h1-6,15H,7-9H2,(H2,14,17). The fraction of sp³-hybridized carbons (Fsp3) is 0.231. The van der Waals surface area contributed by atoms with Crippen LogP contribution in [0.5, 0.6) is 5.75 Å². The van der Waals surface area contributed by atoms with Gasteiger partial charge in [0.1, 0.15) is 11.5 Å². The molecule has 0 aliphatic rings. The number of benzene rings is 1. The molecule has 0 bridgehead atoms. The molecular formula is C13H15N3O3. The Morgan fingerprint density at radius 3 is 2.68 bits per heavy atom. The lowest BCUT2D eigenvalue weighted by Crippen LogP contribution is -2.20. The van der Waals surface area contributed by atoms with E-state index in [1.807, 2.05) is 18.2 Å². The van der Waals surface area contributed by atoms with E-state index in [0.29, 0.717) is 18.8 Å². The lowest BCUT2D eigenvalue weighted by Gasteiger charge is -2.06. The molecule has 2 rings (SSSR count). The average Bonchev–Trinajstić information content (AvgIpc) is 2.91. The third-order valence-corrected chi connectivity index (χ3v) is 2.42. The summed E-state index contributed by atoms with van der Waals surface area (Å²) in [5, 5.41) is 6.85. The van der Waals surface area contributed by atoms with Crippen LogP contribution in [-0.2, 0) is 17.9 Å². The Kier molecular flexibility index (Phi) is 4.52. The van der Waals surface area contributed by atoms with Crippen molar-refractivity contribution in [3.63, 3.8) is 0 Å². The van der Waals surface area contributed by atoms with E-state index in [9.17, 15) is 4.79 Å². The first kappa shape index (κ1) is 13.1. The number of nitrogens with one attached hydrogen (secondary N) is 1. The molecule has 100 valence electrons. The number of hydrogen-bond donors (Lipinski definition) is 2. The summed E-state index contributed by atoms with van der Waals surface area (Å²) in [6.45, 7) is 1.22. The van der Waals surface area contributed by atoms with Crippen molar-refractivity contribution in [2.75, 3.05) is 6.61 Å². The number of rotatable bonds is 7. The predicted octanol–water partition coefficient (Wildman–Crippen LogP) is 0.828. The van der Waals surface area contributed by atoms with E-state index in [2.05, 4.69) is 10.5 Å². The van der Waals surface area contributed by atoms with Crippen LogP contribution in [0.3, 0.4) is 0 Å². The summed E-state index contributed by atoms with van der Waals surface area (Å²) in [7, 11) is 0. The average molecular weight is 261 g/mol. The fourth-order valence-corrected chi connectivity index (χ4v) is 1.52. The van der Waals surface area contributed by atoms with Gasteiger partial charge in [-0.25, -0.2) is 0 Å². The Balaban J connectivity index is 1.76. The highest BCUT2D eigenvalue weighted by Crippen LogP contribution is 2.12. The van der Waals surface area contributed by atoms with Crippen molar-refractivity contribution in [3.05, 3.63) is 47.9 Å². The second kappa shape index (κ2) is 6.55. The van der Waals surface area contributed by atoms with Gasteiger partial charge in [-0.2, -0.15) is 0 Å². The molecule has 6 nitrogen and oxygen atoms in total. The highest BCUT2D eigenvalue weighted by Gasteiger charge is 1.99. The molecule has 2 aromatic rings. The van der Waals surface area contributed by atoms with Crippen molar-refractivity contribution in [3.8, 4) is 5.75 Å². The Bertz CT molecular complexity index is 508. The third-order valence-electron chi connectivity index (χ3n) is 2.42.